The second kappa shape index (κ2) is 5.42. The molecule has 2 N–H and O–H groups in total. The number of amides is 2. The quantitative estimate of drug-likeness (QED) is 0.815. The number of hydrazine groups is 1. The lowest BCUT2D eigenvalue weighted by molar-refractivity contribution is 0.0844. The minimum Gasteiger partial charge on any atom is -0.267 e. The predicted molar refractivity (Wildman–Crippen MR) is 65.7 cm³/mol. The lowest BCUT2D eigenvalue weighted by atomic mass is 10.2. The van der Waals surface area contributed by atoms with E-state index in [9.17, 15) is 14.0 Å². The van der Waals surface area contributed by atoms with Crippen molar-refractivity contribution in [1.29, 1.82) is 0 Å². The smallest absolute Gasteiger partial charge is 0.267 e. The Morgan fingerprint density at radius 2 is 1.78 bits per heavy atom. The highest BCUT2D eigenvalue weighted by Gasteiger charge is 2.12. The van der Waals surface area contributed by atoms with Gasteiger partial charge in [0.15, 0.2) is 0 Å². The molecule has 4 nitrogen and oxygen atoms in total. The Morgan fingerprint density at radius 1 is 1.06 bits per heavy atom. The van der Waals surface area contributed by atoms with Crippen molar-refractivity contribution in [2.45, 2.75) is 0 Å². The van der Waals surface area contributed by atoms with Crippen LogP contribution in [0.2, 0.25) is 0 Å². The maximum Gasteiger partial charge on any atom is 0.272 e. The van der Waals surface area contributed by atoms with Crippen molar-refractivity contribution in [3.8, 4) is 0 Å². The van der Waals surface area contributed by atoms with Gasteiger partial charge in [-0.05, 0) is 23.6 Å². The first kappa shape index (κ1) is 12.3. The number of hydrogen-bond acceptors (Lipinski definition) is 3. The van der Waals surface area contributed by atoms with Crippen molar-refractivity contribution in [2.75, 3.05) is 0 Å². The average Bonchev–Trinajstić information content (AvgIpc) is 2.90. The zero-order valence-corrected chi connectivity index (χ0v) is 9.96. The third-order valence-electron chi connectivity index (χ3n) is 2.19. The molecule has 0 spiro atoms. The van der Waals surface area contributed by atoms with Crippen LogP contribution in [-0.2, 0) is 0 Å². The molecule has 0 radical (unpaired) electrons. The number of halogens is 1. The summed E-state index contributed by atoms with van der Waals surface area (Å²) in [6, 6.07) is 7.15. The Bertz CT molecular complexity index is 569. The molecule has 1 heterocycles. The number of carbonyl (C=O) groups excluding carboxylic acids is 2. The summed E-state index contributed by atoms with van der Waals surface area (Å²) >= 11 is 1.37. The number of hydrogen-bond donors (Lipinski definition) is 2. The molecule has 0 unspecified atom stereocenters. The van der Waals surface area contributed by atoms with Gasteiger partial charge in [-0.15, -0.1) is 0 Å². The number of carbonyl (C=O) groups is 2. The number of thiophene rings is 1. The molecule has 0 aliphatic rings. The molecule has 92 valence electrons. The molecular formula is C12H9FN2O2S. The van der Waals surface area contributed by atoms with E-state index in [2.05, 4.69) is 10.9 Å². The molecule has 1 aromatic heterocycles. The van der Waals surface area contributed by atoms with Gasteiger partial charge >= 0.3 is 0 Å². The zero-order chi connectivity index (χ0) is 13.0. The van der Waals surface area contributed by atoms with Gasteiger partial charge in [0.25, 0.3) is 11.8 Å². The second-order valence-electron chi connectivity index (χ2n) is 3.40. The van der Waals surface area contributed by atoms with E-state index in [1.807, 2.05) is 0 Å². The summed E-state index contributed by atoms with van der Waals surface area (Å²) in [6.45, 7) is 0. The summed E-state index contributed by atoms with van der Waals surface area (Å²) in [5, 5.41) is 3.39. The first-order valence-electron chi connectivity index (χ1n) is 5.06. The lowest BCUT2D eigenvalue weighted by Crippen LogP contribution is -2.41. The van der Waals surface area contributed by atoms with Gasteiger partial charge < -0.3 is 0 Å². The van der Waals surface area contributed by atoms with Crippen LogP contribution in [0.1, 0.15) is 20.7 Å². The Hall–Kier alpha value is -2.21. The van der Waals surface area contributed by atoms with E-state index in [1.54, 1.807) is 22.9 Å². The average molecular weight is 264 g/mol. The van der Waals surface area contributed by atoms with Crippen LogP contribution in [0.25, 0.3) is 0 Å². The molecule has 0 aliphatic carbocycles. The molecule has 0 saturated carbocycles. The fraction of sp³-hybridized carbons (Fsp3) is 0. The highest BCUT2D eigenvalue weighted by atomic mass is 32.1. The SMILES string of the molecule is O=C(NNC(=O)c1ccccc1F)c1ccsc1. The molecule has 0 atom stereocenters. The molecule has 2 aromatic rings. The molecule has 1 aromatic carbocycles. The molecule has 0 bridgehead atoms. The van der Waals surface area contributed by atoms with E-state index in [4.69, 9.17) is 0 Å². The van der Waals surface area contributed by atoms with Crippen molar-refractivity contribution in [2.24, 2.45) is 0 Å². The van der Waals surface area contributed by atoms with E-state index in [0.29, 0.717) is 5.56 Å². The molecule has 2 rings (SSSR count). The van der Waals surface area contributed by atoms with Gasteiger partial charge in [0, 0.05) is 5.38 Å². The predicted octanol–water partition coefficient (Wildman–Crippen LogP) is 1.96. The molecule has 6 heteroatoms. The number of nitrogens with one attached hydrogen (secondary N) is 2. The fourth-order valence-corrected chi connectivity index (χ4v) is 1.93. The summed E-state index contributed by atoms with van der Waals surface area (Å²) in [6.07, 6.45) is 0. The van der Waals surface area contributed by atoms with E-state index in [0.717, 1.165) is 0 Å². The van der Waals surface area contributed by atoms with Gasteiger partial charge in [-0.2, -0.15) is 11.3 Å². The van der Waals surface area contributed by atoms with Gasteiger partial charge in [-0.1, -0.05) is 12.1 Å². The van der Waals surface area contributed by atoms with Crippen LogP contribution in [0.3, 0.4) is 0 Å². The zero-order valence-electron chi connectivity index (χ0n) is 9.14. The Morgan fingerprint density at radius 3 is 2.44 bits per heavy atom. The Balaban J connectivity index is 1.97. The molecule has 0 fully saturated rings. The van der Waals surface area contributed by atoms with Crippen LogP contribution in [0.4, 0.5) is 4.39 Å². The van der Waals surface area contributed by atoms with Gasteiger partial charge in [0.05, 0.1) is 11.1 Å². The monoisotopic (exact) mass is 264 g/mol. The summed E-state index contributed by atoms with van der Waals surface area (Å²) < 4.78 is 13.3. The van der Waals surface area contributed by atoms with Gasteiger partial charge in [-0.3, -0.25) is 20.4 Å². The summed E-state index contributed by atoms with van der Waals surface area (Å²) in [4.78, 5) is 23.1. The summed E-state index contributed by atoms with van der Waals surface area (Å²) in [7, 11) is 0. The van der Waals surface area contributed by atoms with Crippen LogP contribution in [0, 0.1) is 5.82 Å². The minimum absolute atomic E-state index is 0.122. The van der Waals surface area contributed by atoms with Crippen LogP contribution >= 0.6 is 11.3 Å². The molecule has 18 heavy (non-hydrogen) atoms. The van der Waals surface area contributed by atoms with Crippen LogP contribution in [-0.4, -0.2) is 11.8 Å². The van der Waals surface area contributed by atoms with E-state index in [1.165, 1.54) is 29.5 Å². The van der Waals surface area contributed by atoms with Crippen LogP contribution < -0.4 is 10.9 Å². The third-order valence-corrected chi connectivity index (χ3v) is 2.87. The topological polar surface area (TPSA) is 58.2 Å². The third kappa shape index (κ3) is 2.72. The van der Waals surface area contributed by atoms with Crippen molar-refractivity contribution < 1.29 is 14.0 Å². The van der Waals surface area contributed by atoms with Crippen LogP contribution in [0.5, 0.6) is 0 Å². The highest BCUT2D eigenvalue weighted by molar-refractivity contribution is 7.08. The number of rotatable bonds is 2. The standard InChI is InChI=1S/C12H9FN2O2S/c13-10-4-2-1-3-9(10)12(17)15-14-11(16)8-5-6-18-7-8/h1-7H,(H,14,16)(H,15,17). The highest BCUT2D eigenvalue weighted by Crippen LogP contribution is 2.06. The summed E-state index contributed by atoms with van der Waals surface area (Å²) in [5.74, 6) is -1.78. The molecule has 0 saturated heterocycles. The van der Waals surface area contributed by atoms with Crippen molar-refractivity contribution in [3.05, 3.63) is 58.0 Å². The van der Waals surface area contributed by atoms with Crippen molar-refractivity contribution >= 4 is 23.2 Å². The second-order valence-corrected chi connectivity index (χ2v) is 4.18. The first-order valence-corrected chi connectivity index (χ1v) is 6.00. The normalized spacial score (nSPS) is 9.83. The van der Waals surface area contributed by atoms with E-state index < -0.39 is 17.6 Å². The molecule has 2 amide bonds. The first-order chi connectivity index (χ1) is 8.68. The van der Waals surface area contributed by atoms with Crippen LogP contribution in [0.15, 0.2) is 41.1 Å². The van der Waals surface area contributed by atoms with Gasteiger partial charge in [0.1, 0.15) is 5.82 Å². The van der Waals surface area contributed by atoms with Crippen molar-refractivity contribution in [1.82, 2.24) is 10.9 Å². The minimum atomic E-state index is -0.698. The number of benzene rings is 1. The Kier molecular flexibility index (Phi) is 3.69. The largest absolute Gasteiger partial charge is 0.272 e. The maximum absolute atomic E-state index is 13.3. The van der Waals surface area contributed by atoms with Gasteiger partial charge in [-0.25, -0.2) is 4.39 Å². The van der Waals surface area contributed by atoms with Crippen molar-refractivity contribution in [3.63, 3.8) is 0 Å². The Labute approximate surface area is 106 Å². The van der Waals surface area contributed by atoms with Gasteiger partial charge in [0.2, 0.25) is 0 Å². The summed E-state index contributed by atoms with van der Waals surface area (Å²) in [5.41, 5.74) is 4.68. The fourth-order valence-electron chi connectivity index (χ4n) is 1.29. The molecular weight excluding hydrogens is 255 g/mol. The van der Waals surface area contributed by atoms with E-state index in [-0.39, 0.29) is 5.56 Å². The maximum atomic E-state index is 13.3. The lowest BCUT2D eigenvalue weighted by Gasteiger charge is -2.06. The molecule has 0 aliphatic heterocycles. The van der Waals surface area contributed by atoms with E-state index >= 15 is 0 Å².